The van der Waals surface area contributed by atoms with Gasteiger partial charge in [-0.1, -0.05) is 18.5 Å². The van der Waals surface area contributed by atoms with Gasteiger partial charge in [0.05, 0.1) is 22.9 Å². The lowest BCUT2D eigenvalue weighted by molar-refractivity contribution is 0.0700. The van der Waals surface area contributed by atoms with Crippen LogP contribution in [0, 0.1) is 0 Å². The minimum Gasteiger partial charge on any atom is -0.463 e. The number of hydrogen-bond acceptors (Lipinski definition) is 6. The Bertz CT molecular complexity index is 932. The molecule has 27 heavy (non-hydrogen) atoms. The number of likely N-dealkylation sites (N-methyl/N-ethyl adjacent to an activating group) is 1. The molecular weight excluding hydrogens is 344 g/mol. The SMILES string of the molecule is CCCc1noc2nc(-c3ccco3)cc(C(=O)N3CCCC(NC)C3)c12. The maximum Gasteiger partial charge on any atom is 0.259 e. The predicted molar refractivity (Wildman–Crippen MR) is 101 cm³/mol. The highest BCUT2D eigenvalue weighted by Gasteiger charge is 2.28. The topological polar surface area (TPSA) is 84.4 Å². The number of fused-ring (bicyclic) bond motifs is 1. The quantitative estimate of drug-likeness (QED) is 0.744. The molecule has 1 aliphatic heterocycles. The van der Waals surface area contributed by atoms with E-state index in [0.717, 1.165) is 43.3 Å². The second kappa shape index (κ2) is 7.52. The monoisotopic (exact) mass is 368 g/mol. The normalized spacial score (nSPS) is 17.6. The van der Waals surface area contributed by atoms with Crippen LogP contribution in [-0.2, 0) is 6.42 Å². The molecule has 7 nitrogen and oxygen atoms in total. The first-order valence-corrected chi connectivity index (χ1v) is 9.51. The number of pyridine rings is 1. The van der Waals surface area contributed by atoms with Gasteiger partial charge in [0.2, 0.25) is 0 Å². The smallest absolute Gasteiger partial charge is 0.259 e. The minimum atomic E-state index is -0.00397. The largest absolute Gasteiger partial charge is 0.463 e. The number of carbonyl (C=O) groups is 1. The van der Waals surface area contributed by atoms with Crippen LogP contribution >= 0.6 is 0 Å². The van der Waals surface area contributed by atoms with Crippen LogP contribution < -0.4 is 5.32 Å². The summed E-state index contributed by atoms with van der Waals surface area (Å²) < 4.78 is 11.0. The van der Waals surface area contributed by atoms with E-state index in [0.29, 0.717) is 35.3 Å². The molecule has 0 aliphatic carbocycles. The van der Waals surface area contributed by atoms with Gasteiger partial charge in [-0.3, -0.25) is 4.79 Å². The number of piperidine rings is 1. The van der Waals surface area contributed by atoms with E-state index < -0.39 is 0 Å². The Labute approximate surface area is 157 Å². The molecule has 1 N–H and O–H groups in total. The number of aromatic nitrogens is 2. The van der Waals surface area contributed by atoms with Crippen molar-refractivity contribution in [2.75, 3.05) is 20.1 Å². The molecule has 1 saturated heterocycles. The van der Waals surface area contributed by atoms with E-state index in [1.165, 1.54) is 0 Å². The molecule has 1 unspecified atom stereocenters. The second-order valence-corrected chi connectivity index (χ2v) is 6.97. The average molecular weight is 368 g/mol. The Hall–Kier alpha value is -2.67. The van der Waals surface area contributed by atoms with Crippen LogP contribution in [0.2, 0.25) is 0 Å². The molecule has 1 atom stereocenters. The summed E-state index contributed by atoms with van der Waals surface area (Å²) in [6, 6.07) is 5.75. The highest BCUT2D eigenvalue weighted by molar-refractivity contribution is 6.07. The fraction of sp³-hybridized carbons (Fsp3) is 0.450. The Kier molecular flexibility index (Phi) is 4.94. The third-order valence-electron chi connectivity index (χ3n) is 5.12. The van der Waals surface area contributed by atoms with E-state index in [2.05, 4.69) is 22.4 Å². The number of furan rings is 1. The molecule has 4 rings (SSSR count). The number of aryl methyl sites for hydroxylation is 1. The van der Waals surface area contributed by atoms with Crippen LogP contribution in [0.15, 0.2) is 33.4 Å². The summed E-state index contributed by atoms with van der Waals surface area (Å²) in [6.45, 7) is 3.53. The summed E-state index contributed by atoms with van der Waals surface area (Å²) >= 11 is 0. The Morgan fingerprint density at radius 3 is 3.07 bits per heavy atom. The summed E-state index contributed by atoms with van der Waals surface area (Å²) in [7, 11) is 1.94. The molecule has 1 amide bonds. The molecule has 0 aromatic carbocycles. The molecule has 0 radical (unpaired) electrons. The van der Waals surface area contributed by atoms with Crippen LogP contribution in [0.4, 0.5) is 0 Å². The van der Waals surface area contributed by atoms with Gasteiger partial charge in [-0.25, -0.2) is 4.98 Å². The molecule has 0 saturated carbocycles. The van der Waals surface area contributed by atoms with E-state index in [1.54, 1.807) is 12.3 Å². The first kappa shape index (κ1) is 17.7. The van der Waals surface area contributed by atoms with Gasteiger partial charge in [0.15, 0.2) is 5.76 Å². The van der Waals surface area contributed by atoms with Gasteiger partial charge in [0, 0.05) is 19.1 Å². The lowest BCUT2D eigenvalue weighted by atomic mass is 10.0. The molecule has 3 aromatic heterocycles. The zero-order valence-corrected chi connectivity index (χ0v) is 15.7. The maximum absolute atomic E-state index is 13.4. The molecule has 3 aromatic rings. The molecule has 0 spiro atoms. The average Bonchev–Trinajstić information content (AvgIpc) is 3.37. The number of rotatable bonds is 5. The maximum atomic E-state index is 13.4. The molecular formula is C20H24N4O3. The van der Waals surface area contributed by atoms with E-state index in [-0.39, 0.29) is 5.91 Å². The number of likely N-dealkylation sites (tertiary alicyclic amines) is 1. The zero-order chi connectivity index (χ0) is 18.8. The lowest BCUT2D eigenvalue weighted by Crippen LogP contribution is -2.47. The van der Waals surface area contributed by atoms with Crippen LogP contribution in [0.5, 0.6) is 0 Å². The summed E-state index contributed by atoms with van der Waals surface area (Å²) in [5.74, 6) is 0.599. The number of amides is 1. The van der Waals surface area contributed by atoms with Crippen LogP contribution in [0.3, 0.4) is 0 Å². The van der Waals surface area contributed by atoms with E-state index >= 15 is 0 Å². The zero-order valence-electron chi connectivity index (χ0n) is 15.7. The highest BCUT2D eigenvalue weighted by atomic mass is 16.5. The first-order valence-electron chi connectivity index (χ1n) is 9.51. The predicted octanol–water partition coefficient (Wildman–Crippen LogP) is 3.26. The highest BCUT2D eigenvalue weighted by Crippen LogP contribution is 2.29. The summed E-state index contributed by atoms with van der Waals surface area (Å²) in [5, 5.41) is 8.19. The molecule has 142 valence electrons. The van der Waals surface area contributed by atoms with Gasteiger partial charge < -0.3 is 19.2 Å². The van der Waals surface area contributed by atoms with Crippen molar-refractivity contribution in [3.05, 3.63) is 35.7 Å². The van der Waals surface area contributed by atoms with E-state index in [4.69, 9.17) is 8.94 Å². The molecule has 7 heteroatoms. The van der Waals surface area contributed by atoms with Crippen LogP contribution in [0.1, 0.15) is 42.2 Å². The third kappa shape index (κ3) is 3.35. The van der Waals surface area contributed by atoms with Gasteiger partial charge >= 0.3 is 0 Å². The summed E-state index contributed by atoms with van der Waals surface area (Å²) in [4.78, 5) is 19.9. The Morgan fingerprint density at radius 2 is 2.33 bits per heavy atom. The van der Waals surface area contributed by atoms with Crippen LogP contribution in [0.25, 0.3) is 22.6 Å². The first-order chi connectivity index (χ1) is 13.2. The van der Waals surface area contributed by atoms with Gasteiger partial charge in [-0.15, -0.1) is 0 Å². The number of hydrogen-bond donors (Lipinski definition) is 1. The van der Waals surface area contributed by atoms with Gasteiger partial charge in [0.1, 0.15) is 5.69 Å². The number of carbonyl (C=O) groups excluding carboxylic acids is 1. The fourth-order valence-electron chi connectivity index (χ4n) is 3.70. The van der Waals surface area contributed by atoms with Crippen molar-refractivity contribution in [2.24, 2.45) is 0 Å². The number of nitrogens with zero attached hydrogens (tertiary/aromatic N) is 3. The van der Waals surface area contributed by atoms with Crippen molar-refractivity contribution >= 4 is 17.0 Å². The van der Waals surface area contributed by atoms with E-state index in [9.17, 15) is 4.79 Å². The Balaban J connectivity index is 1.80. The van der Waals surface area contributed by atoms with E-state index in [1.807, 2.05) is 24.1 Å². The van der Waals surface area contributed by atoms with Gasteiger partial charge in [-0.2, -0.15) is 0 Å². The fourth-order valence-corrected chi connectivity index (χ4v) is 3.70. The van der Waals surface area contributed by atoms with Crippen molar-refractivity contribution < 1.29 is 13.7 Å². The summed E-state index contributed by atoms with van der Waals surface area (Å²) in [6.07, 6.45) is 5.32. The molecule has 0 bridgehead atoms. The van der Waals surface area contributed by atoms with Crippen LogP contribution in [-0.4, -0.2) is 47.1 Å². The Morgan fingerprint density at radius 1 is 1.44 bits per heavy atom. The van der Waals surface area contributed by atoms with Crippen molar-refractivity contribution in [3.63, 3.8) is 0 Å². The standard InChI is InChI=1S/C20H24N4O3/c1-3-6-15-18-14(20(25)24-9-4-7-13(12-24)21-2)11-16(17-8-5-10-26-17)22-19(18)27-23-15/h5,8,10-11,13,21H,3-4,6-7,9,12H2,1-2H3. The number of nitrogens with one attached hydrogen (secondary N) is 1. The molecule has 1 fully saturated rings. The minimum absolute atomic E-state index is 0.00397. The third-order valence-corrected chi connectivity index (χ3v) is 5.12. The molecule has 1 aliphatic rings. The summed E-state index contributed by atoms with van der Waals surface area (Å²) in [5.41, 5.74) is 2.35. The molecule has 4 heterocycles. The van der Waals surface area contributed by atoms with Crippen molar-refractivity contribution in [1.82, 2.24) is 20.4 Å². The van der Waals surface area contributed by atoms with Crippen molar-refractivity contribution in [2.45, 2.75) is 38.6 Å². The van der Waals surface area contributed by atoms with Gasteiger partial charge in [0.25, 0.3) is 11.6 Å². The van der Waals surface area contributed by atoms with Crippen molar-refractivity contribution in [1.29, 1.82) is 0 Å². The van der Waals surface area contributed by atoms with Crippen molar-refractivity contribution in [3.8, 4) is 11.5 Å². The van der Waals surface area contributed by atoms with Gasteiger partial charge in [-0.05, 0) is 44.5 Å². The second-order valence-electron chi connectivity index (χ2n) is 6.97. The lowest BCUT2D eigenvalue weighted by Gasteiger charge is -2.32.